The van der Waals surface area contributed by atoms with Crippen LogP contribution in [0, 0.1) is 0 Å². The zero-order valence-corrected chi connectivity index (χ0v) is 30.2. The maximum atomic E-state index is 4.58. The molecule has 0 unspecified atom stereocenters. The minimum atomic E-state index is 0.928. The quantitative estimate of drug-likeness (QED) is 0.153. The Morgan fingerprint density at radius 1 is 0.214 bits per heavy atom. The maximum Gasteiger partial charge on any atom is 0.115 e. The predicted octanol–water partition coefficient (Wildman–Crippen LogP) is 12.0. The molecule has 0 aliphatic rings. The van der Waals surface area contributed by atoms with E-state index in [1.54, 1.807) is 12.7 Å². The second-order valence-electron chi connectivity index (χ2n) is 13.9. The zero-order valence-electron chi connectivity index (χ0n) is 30.2. The van der Waals surface area contributed by atoms with Gasteiger partial charge in [-0.2, -0.15) is 0 Å². The number of hydrogen-bond acceptors (Lipinski definition) is 6. The molecule has 0 aliphatic carbocycles. The van der Waals surface area contributed by atoms with E-state index >= 15 is 0 Å². The largest absolute Gasteiger partial charge is 0.263 e. The van der Waals surface area contributed by atoms with Gasteiger partial charge in [-0.3, -0.25) is 9.97 Å². The van der Waals surface area contributed by atoms with Gasteiger partial charge >= 0.3 is 0 Å². The summed E-state index contributed by atoms with van der Waals surface area (Å²) in [6, 6.07) is 48.4. The summed E-state index contributed by atoms with van der Waals surface area (Å²) < 4.78 is 0. The van der Waals surface area contributed by atoms with Crippen molar-refractivity contribution in [3.05, 3.63) is 196 Å². The minimum Gasteiger partial charge on any atom is -0.263 e. The fourth-order valence-electron chi connectivity index (χ4n) is 7.47. The first kappa shape index (κ1) is 32.9. The van der Waals surface area contributed by atoms with Gasteiger partial charge in [0.15, 0.2) is 0 Å². The summed E-state index contributed by atoms with van der Waals surface area (Å²) in [5, 5.41) is 4.94. The lowest BCUT2D eigenvalue weighted by molar-refractivity contribution is 1.17. The fourth-order valence-corrected chi connectivity index (χ4v) is 7.47. The van der Waals surface area contributed by atoms with Gasteiger partial charge in [-0.15, -0.1) is 0 Å². The van der Waals surface area contributed by atoms with Crippen LogP contribution in [0.15, 0.2) is 196 Å². The summed E-state index contributed by atoms with van der Waals surface area (Å²) in [6.07, 6.45) is 17.9. The van der Waals surface area contributed by atoms with E-state index in [2.05, 4.69) is 163 Å². The van der Waals surface area contributed by atoms with Crippen LogP contribution in [-0.4, -0.2) is 29.9 Å². The molecule has 0 N–H and O–H groups in total. The monoisotopic (exact) mass is 716 g/mol. The molecule has 0 saturated carbocycles. The normalized spacial score (nSPS) is 11.2. The van der Waals surface area contributed by atoms with Gasteiger partial charge in [-0.25, -0.2) is 19.9 Å². The summed E-state index contributed by atoms with van der Waals surface area (Å²) in [4.78, 5) is 26.0. The summed E-state index contributed by atoms with van der Waals surface area (Å²) in [6.45, 7) is 0. The standard InChI is InChI=1S/C50H32N6/c1-2-10-49-33(5-1)11-12-34-13-14-39(22-50(34)49)42-18-40(35-6-3-8-37(15-35)43-20-45(25-51-23-43)47-27-53-31-54-28-47)17-41(19-42)36-7-4-9-38(16-36)44-21-46(26-52-24-44)48-29-55-32-56-30-48/h1-32H. The topological polar surface area (TPSA) is 77.3 Å². The lowest BCUT2D eigenvalue weighted by Crippen LogP contribution is -1.89. The second kappa shape index (κ2) is 14.3. The second-order valence-corrected chi connectivity index (χ2v) is 13.9. The highest BCUT2D eigenvalue weighted by Gasteiger charge is 2.13. The highest BCUT2D eigenvalue weighted by molar-refractivity contribution is 6.08. The molecule has 6 heteroatoms. The molecule has 10 rings (SSSR count). The van der Waals surface area contributed by atoms with E-state index < -0.39 is 0 Å². The van der Waals surface area contributed by atoms with Gasteiger partial charge in [0.05, 0.1) is 0 Å². The van der Waals surface area contributed by atoms with Crippen LogP contribution in [0.1, 0.15) is 0 Å². The number of pyridine rings is 2. The Bertz CT molecular complexity index is 2890. The molecule has 0 spiro atoms. The van der Waals surface area contributed by atoms with Crippen molar-refractivity contribution in [3.8, 4) is 77.9 Å². The van der Waals surface area contributed by atoms with Crippen molar-refractivity contribution in [2.75, 3.05) is 0 Å². The molecular weight excluding hydrogens is 685 g/mol. The van der Waals surface area contributed by atoms with E-state index in [9.17, 15) is 0 Å². The smallest absolute Gasteiger partial charge is 0.115 e. The van der Waals surface area contributed by atoms with Crippen molar-refractivity contribution >= 4 is 21.5 Å². The lowest BCUT2D eigenvalue weighted by atomic mass is 9.90. The average molecular weight is 717 g/mol. The Labute approximate surface area is 324 Å². The summed E-state index contributed by atoms with van der Waals surface area (Å²) in [7, 11) is 0. The van der Waals surface area contributed by atoms with Crippen LogP contribution < -0.4 is 0 Å². The van der Waals surface area contributed by atoms with Crippen LogP contribution in [0.3, 0.4) is 0 Å². The highest BCUT2D eigenvalue weighted by atomic mass is 14.8. The van der Waals surface area contributed by atoms with Gasteiger partial charge in [-0.05, 0) is 115 Å². The van der Waals surface area contributed by atoms with E-state index in [-0.39, 0.29) is 0 Å². The molecule has 0 aliphatic heterocycles. The van der Waals surface area contributed by atoms with Crippen molar-refractivity contribution in [1.82, 2.24) is 29.9 Å². The molecular formula is C50H32N6. The fraction of sp³-hybridized carbons (Fsp3) is 0. The van der Waals surface area contributed by atoms with Crippen molar-refractivity contribution in [2.24, 2.45) is 0 Å². The van der Waals surface area contributed by atoms with Crippen molar-refractivity contribution < 1.29 is 0 Å². The third-order valence-electron chi connectivity index (χ3n) is 10.3. The molecule has 0 atom stereocenters. The first-order valence-corrected chi connectivity index (χ1v) is 18.4. The van der Waals surface area contributed by atoms with E-state index in [4.69, 9.17) is 0 Å². The van der Waals surface area contributed by atoms with E-state index in [1.165, 1.54) is 21.5 Å². The van der Waals surface area contributed by atoms with Gasteiger partial charge in [0.25, 0.3) is 0 Å². The minimum absolute atomic E-state index is 0.928. The molecule has 10 aromatic rings. The van der Waals surface area contributed by atoms with E-state index in [0.29, 0.717) is 0 Å². The van der Waals surface area contributed by atoms with Crippen LogP contribution in [0.2, 0.25) is 0 Å². The molecule has 0 bridgehead atoms. The van der Waals surface area contributed by atoms with Gasteiger partial charge in [-0.1, -0.05) is 84.9 Å². The van der Waals surface area contributed by atoms with Crippen molar-refractivity contribution in [2.45, 2.75) is 0 Å². The summed E-state index contributed by atoms with van der Waals surface area (Å²) >= 11 is 0. The number of benzene rings is 6. The molecule has 4 aromatic heterocycles. The number of rotatable bonds is 7. The first-order valence-electron chi connectivity index (χ1n) is 18.4. The Kier molecular flexibility index (Phi) is 8.39. The van der Waals surface area contributed by atoms with Crippen LogP contribution in [0.4, 0.5) is 0 Å². The first-order chi connectivity index (χ1) is 27.7. The summed E-state index contributed by atoms with van der Waals surface area (Å²) in [5.74, 6) is 0. The van der Waals surface area contributed by atoms with Crippen LogP contribution in [0.25, 0.3) is 99.4 Å². The summed E-state index contributed by atoms with van der Waals surface area (Å²) in [5.41, 5.74) is 14.8. The number of fused-ring (bicyclic) bond motifs is 3. The predicted molar refractivity (Wildman–Crippen MR) is 226 cm³/mol. The average Bonchev–Trinajstić information content (AvgIpc) is 3.29. The Morgan fingerprint density at radius 2 is 0.571 bits per heavy atom. The highest BCUT2D eigenvalue weighted by Crippen LogP contribution is 2.38. The zero-order chi connectivity index (χ0) is 37.3. The van der Waals surface area contributed by atoms with Crippen molar-refractivity contribution in [3.63, 3.8) is 0 Å². The molecule has 56 heavy (non-hydrogen) atoms. The van der Waals surface area contributed by atoms with Crippen LogP contribution in [-0.2, 0) is 0 Å². The SMILES string of the molecule is c1cc(-c2cncc(-c3cncnc3)c2)cc(-c2cc(-c3cccc(-c4cncc(-c5cncnc5)c4)c3)cc(-c3ccc4ccc5ccccc5c4c3)c2)c1. The molecule has 0 saturated heterocycles. The van der Waals surface area contributed by atoms with Crippen LogP contribution in [0.5, 0.6) is 0 Å². The Balaban J connectivity index is 1.11. The molecule has 262 valence electrons. The van der Waals surface area contributed by atoms with Gasteiger partial charge in [0, 0.05) is 83.0 Å². The van der Waals surface area contributed by atoms with Gasteiger partial charge in [0.2, 0.25) is 0 Å². The lowest BCUT2D eigenvalue weighted by Gasteiger charge is -2.14. The van der Waals surface area contributed by atoms with Crippen LogP contribution >= 0.6 is 0 Å². The van der Waals surface area contributed by atoms with Gasteiger partial charge < -0.3 is 0 Å². The number of hydrogen-bond donors (Lipinski definition) is 0. The molecule has 6 aromatic carbocycles. The number of aromatic nitrogens is 6. The third kappa shape index (κ3) is 6.46. The van der Waals surface area contributed by atoms with E-state index in [0.717, 1.165) is 77.9 Å². The van der Waals surface area contributed by atoms with Gasteiger partial charge in [0.1, 0.15) is 12.7 Å². The molecule has 4 heterocycles. The molecule has 0 fully saturated rings. The molecule has 0 radical (unpaired) electrons. The van der Waals surface area contributed by atoms with E-state index in [1.807, 2.05) is 49.6 Å². The maximum absolute atomic E-state index is 4.58. The molecule has 6 nitrogen and oxygen atoms in total. The van der Waals surface area contributed by atoms with Crippen molar-refractivity contribution in [1.29, 1.82) is 0 Å². The Morgan fingerprint density at radius 3 is 1.09 bits per heavy atom. The third-order valence-corrected chi connectivity index (χ3v) is 10.3. The molecule has 0 amide bonds. The number of nitrogens with zero attached hydrogens (tertiary/aromatic N) is 6. The Hall–Kier alpha value is -7.70.